The molecule has 1 saturated carbocycles. The molecule has 2 aliphatic rings. The van der Waals surface area contributed by atoms with Gasteiger partial charge in [-0.25, -0.2) is 4.58 Å². The number of hydrogen-bond donors (Lipinski definition) is 0. The molecule has 0 spiro atoms. The van der Waals surface area contributed by atoms with E-state index in [-0.39, 0.29) is 0 Å². The lowest BCUT2D eigenvalue weighted by molar-refractivity contribution is -0.507. The quantitative estimate of drug-likeness (QED) is 0.742. The van der Waals surface area contributed by atoms with E-state index in [9.17, 15) is 0 Å². The first-order valence-electron chi connectivity index (χ1n) is 7.82. The third kappa shape index (κ3) is 2.95. The molecule has 0 aromatic heterocycles. The van der Waals surface area contributed by atoms with Gasteiger partial charge in [0.1, 0.15) is 18.8 Å². The number of hydrogen-bond acceptors (Lipinski definition) is 1. The molecule has 0 unspecified atom stereocenters. The van der Waals surface area contributed by atoms with Crippen LogP contribution in [0.4, 0.5) is 0 Å². The second-order valence-corrected chi connectivity index (χ2v) is 5.79. The summed E-state index contributed by atoms with van der Waals surface area (Å²) in [5.41, 5.74) is 4.47. The van der Waals surface area contributed by atoms with Crippen molar-refractivity contribution in [2.24, 2.45) is 0 Å². The van der Waals surface area contributed by atoms with Crippen molar-refractivity contribution in [3.63, 3.8) is 0 Å². The third-order valence-electron chi connectivity index (χ3n) is 4.42. The zero-order valence-electron chi connectivity index (χ0n) is 12.4. The zero-order chi connectivity index (χ0) is 13.8. The van der Waals surface area contributed by atoms with Crippen LogP contribution < -0.4 is 4.74 Å². The summed E-state index contributed by atoms with van der Waals surface area (Å²) in [6.45, 7) is 2.52. The topological polar surface area (TPSA) is 12.2 Å². The molecule has 0 N–H and O–H groups in total. The van der Waals surface area contributed by atoms with E-state index >= 15 is 0 Å². The van der Waals surface area contributed by atoms with Gasteiger partial charge in [0.05, 0.1) is 7.11 Å². The summed E-state index contributed by atoms with van der Waals surface area (Å²) in [6, 6.07) is 8.40. The Balaban J connectivity index is 1.88. The highest BCUT2D eigenvalue weighted by Crippen LogP contribution is 2.25. The van der Waals surface area contributed by atoms with Crippen LogP contribution in [0.15, 0.2) is 29.8 Å². The van der Waals surface area contributed by atoms with Crippen LogP contribution in [0.1, 0.15) is 44.1 Å². The molecular formula is C18H24NO+. The first kappa shape index (κ1) is 13.4. The average Bonchev–Trinajstić information content (AvgIpc) is 3.03. The highest BCUT2D eigenvalue weighted by Gasteiger charge is 2.25. The minimum absolute atomic E-state index is 0.930. The van der Waals surface area contributed by atoms with E-state index < -0.39 is 0 Å². The van der Waals surface area contributed by atoms with Crippen molar-refractivity contribution in [3.05, 3.63) is 35.4 Å². The van der Waals surface area contributed by atoms with E-state index in [0.29, 0.717) is 0 Å². The fraction of sp³-hybridized carbons (Fsp3) is 0.500. The molecule has 0 radical (unpaired) electrons. The minimum Gasteiger partial charge on any atom is -0.497 e. The maximum atomic E-state index is 5.23. The van der Waals surface area contributed by atoms with Crippen LogP contribution in [0.5, 0.6) is 5.75 Å². The maximum absolute atomic E-state index is 5.23. The summed E-state index contributed by atoms with van der Waals surface area (Å²) in [7, 11) is 1.72. The molecule has 1 heterocycles. The number of benzene rings is 1. The molecule has 1 aliphatic carbocycles. The normalized spacial score (nSPS) is 21.6. The van der Waals surface area contributed by atoms with Crippen molar-refractivity contribution in [3.8, 4) is 5.75 Å². The molecule has 0 amide bonds. The van der Waals surface area contributed by atoms with Crippen LogP contribution in [-0.4, -0.2) is 30.5 Å². The third-order valence-corrected chi connectivity index (χ3v) is 4.42. The number of nitrogens with zero attached hydrogens (tertiary/aromatic N) is 1. The Morgan fingerprint density at radius 2 is 1.65 bits per heavy atom. The van der Waals surface area contributed by atoms with Gasteiger partial charge in [-0.05, 0) is 43.0 Å². The Bertz CT molecular complexity index is 517. The highest BCUT2D eigenvalue weighted by molar-refractivity contribution is 6.01. The molecule has 2 nitrogen and oxygen atoms in total. The molecule has 1 aromatic rings. The van der Waals surface area contributed by atoms with Gasteiger partial charge in [0.25, 0.3) is 0 Å². The monoisotopic (exact) mass is 270 g/mol. The predicted molar refractivity (Wildman–Crippen MR) is 83.7 cm³/mol. The van der Waals surface area contributed by atoms with Gasteiger partial charge < -0.3 is 4.74 Å². The molecular weight excluding hydrogens is 246 g/mol. The van der Waals surface area contributed by atoms with Crippen molar-refractivity contribution < 1.29 is 9.31 Å². The lowest BCUT2D eigenvalue weighted by Crippen LogP contribution is -2.23. The maximum Gasteiger partial charge on any atom is 0.179 e. The standard InChI is InChI=1S/C18H24NO/c1-20-17-10-8-15(9-11-17)14-16-6-2-3-7-18(16)19-12-4-5-13-19/h8-11,14H,2-7,12-13H2,1H3/q+1/b16-14+. The second-order valence-electron chi connectivity index (χ2n) is 5.79. The molecule has 2 heteroatoms. The summed E-state index contributed by atoms with van der Waals surface area (Å²) in [4.78, 5) is 0. The minimum atomic E-state index is 0.930. The van der Waals surface area contributed by atoms with Crippen LogP contribution in [-0.2, 0) is 0 Å². The van der Waals surface area contributed by atoms with E-state index in [1.165, 1.54) is 57.2 Å². The lowest BCUT2D eigenvalue weighted by Gasteiger charge is -2.15. The van der Waals surface area contributed by atoms with Gasteiger partial charge in [0, 0.05) is 24.8 Å². The number of methoxy groups -OCH3 is 1. The molecule has 2 fully saturated rings. The van der Waals surface area contributed by atoms with Crippen molar-refractivity contribution in [2.75, 3.05) is 20.2 Å². The largest absolute Gasteiger partial charge is 0.497 e. The average molecular weight is 270 g/mol. The second kappa shape index (κ2) is 6.25. The van der Waals surface area contributed by atoms with Crippen LogP contribution in [0.2, 0.25) is 0 Å². The molecule has 1 aliphatic heterocycles. The Hall–Kier alpha value is -1.57. The van der Waals surface area contributed by atoms with E-state index in [4.69, 9.17) is 4.74 Å². The van der Waals surface area contributed by atoms with Gasteiger partial charge in [0.15, 0.2) is 5.71 Å². The lowest BCUT2D eigenvalue weighted by atomic mass is 9.91. The van der Waals surface area contributed by atoms with Crippen LogP contribution >= 0.6 is 0 Å². The molecule has 0 atom stereocenters. The predicted octanol–water partition coefficient (Wildman–Crippen LogP) is 3.90. The van der Waals surface area contributed by atoms with Crippen molar-refractivity contribution in [1.82, 2.24) is 0 Å². The smallest absolute Gasteiger partial charge is 0.179 e. The summed E-state index contributed by atoms with van der Waals surface area (Å²) in [5.74, 6) is 0.930. The van der Waals surface area contributed by atoms with Crippen molar-refractivity contribution >= 4 is 11.8 Å². The Kier molecular flexibility index (Phi) is 4.19. The molecule has 1 saturated heterocycles. The van der Waals surface area contributed by atoms with Crippen molar-refractivity contribution in [1.29, 1.82) is 0 Å². The Morgan fingerprint density at radius 3 is 2.35 bits per heavy atom. The van der Waals surface area contributed by atoms with E-state index in [2.05, 4.69) is 22.8 Å². The van der Waals surface area contributed by atoms with Gasteiger partial charge in [-0.1, -0.05) is 12.1 Å². The zero-order valence-corrected chi connectivity index (χ0v) is 12.4. The molecule has 106 valence electrons. The van der Waals surface area contributed by atoms with Crippen LogP contribution in [0.3, 0.4) is 0 Å². The van der Waals surface area contributed by atoms with Gasteiger partial charge >= 0.3 is 0 Å². The Labute approximate surface area is 121 Å². The van der Waals surface area contributed by atoms with Gasteiger partial charge in [-0.2, -0.15) is 0 Å². The fourth-order valence-electron chi connectivity index (χ4n) is 3.32. The van der Waals surface area contributed by atoms with Gasteiger partial charge in [-0.3, -0.25) is 0 Å². The van der Waals surface area contributed by atoms with E-state index in [1.54, 1.807) is 18.4 Å². The molecule has 20 heavy (non-hydrogen) atoms. The van der Waals surface area contributed by atoms with Crippen molar-refractivity contribution in [2.45, 2.75) is 38.5 Å². The number of allylic oxidation sites excluding steroid dienone is 1. The first-order chi connectivity index (χ1) is 9.86. The molecule has 0 bridgehead atoms. The van der Waals surface area contributed by atoms with Crippen LogP contribution in [0.25, 0.3) is 6.08 Å². The summed E-state index contributed by atoms with van der Waals surface area (Å²) in [5, 5.41) is 0. The Morgan fingerprint density at radius 1 is 0.950 bits per heavy atom. The fourth-order valence-corrected chi connectivity index (χ4v) is 3.32. The van der Waals surface area contributed by atoms with E-state index in [0.717, 1.165) is 5.75 Å². The van der Waals surface area contributed by atoms with E-state index in [1.807, 2.05) is 12.1 Å². The first-order valence-corrected chi connectivity index (χ1v) is 7.82. The van der Waals surface area contributed by atoms with Gasteiger partial charge in [-0.15, -0.1) is 0 Å². The number of rotatable bonds is 2. The SMILES string of the molecule is COc1ccc(/C=C2\CCCCC2=[N+]2CCCC2)cc1. The van der Waals surface area contributed by atoms with Crippen LogP contribution in [0, 0.1) is 0 Å². The molecule has 3 rings (SSSR count). The summed E-state index contributed by atoms with van der Waals surface area (Å²) >= 11 is 0. The van der Waals surface area contributed by atoms with Gasteiger partial charge in [0.2, 0.25) is 0 Å². The summed E-state index contributed by atoms with van der Waals surface area (Å²) < 4.78 is 7.85. The number of ether oxygens (including phenoxy) is 1. The summed E-state index contributed by atoms with van der Waals surface area (Å²) in [6.07, 6.45) is 10.3. The molecule has 1 aromatic carbocycles. The highest BCUT2D eigenvalue weighted by atomic mass is 16.5.